The molecule has 2 aliphatic rings. The van der Waals surface area contributed by atoms with E-state index < -0.39 is 0 Å². The topological polar surface area (TPSA) is 91.5 Å². The van der Waals surface area contributed by atoms with Gasteiger partial charge in [-0.25, -0.2) is 9.97 Å². The lowest BCUT2D eigenvalue weighted by Crippen LogP contribution is -2.55. The molecule has 2 saturated heterocycles. The summed E-state index contributed by atoms with van der Waals surface area (Å²) in [5.41, 5.74) is 4.87. The van der Waals surface area contributed by atoms with Crippen LogP contribution in [-0.4, -0.2) is 80.3 Å². The molecular weight excluding hydrogens is 697 g/mol. The number of nitrogens with one attached hydrogen (secondary N) is 1. The van der Waals surface area contributed by atoms with Gasteiger partial charge in [0.1, 0.15) is 11.6 Å². The fraction of sp³-hybridized carbons (Fsp3) is 0.391. The number of piperazine rings is 2. The van der Waals surface area contributed by atoms with Crippen molar-refractivity contribution in [2.75, 3.05) is 44.2 Å². The summed E-state index contributed by atoms with van der Waals surface area (Å²) in [5.74, 6) is 1.68. The molecule has 10 nitrogen and oxygen atoms in total. The molecule has 4 heterocycles. The zero-order chi connectivity index (χ0) is 38.8. The summed E-state index contributed by atoms with van der Waals surface area (Å²) in [7, 11) is 0. The standard InChI is InChI=1S/C46H54N8O2/c1-5-41(43-48-39-18-12-10-16-37(39)45(55)53(43)30-34-14-8-7-9-15-34)51-26-24-50(25-27-51)36-22-20-35(21-23-36)31-54-44(49-40-19-13-11-17-38(40)46(54)56)42(6-2)52-29-32(3)47-28-33(52)4/h7-23,32-33,41-42,47H,5-6,24-31H2,1-4H3. The van der Waals surface area contributed by atoms with Crippen LogP contribution in [0.4, 0.5) is 5.69 Å². The Morgan fingerprint density at radius 2 is 1.16 bits per heavy atom. The predicted octanol–water partition coefficient (Wildman–Crippen LogP) is 6.61. The lowest BCUT2D eigenvalue weighted by molar-refractivity contribution is 0.0852. The van der Waals surface area contributed by atoms with Crippen molar-refractivity contribution < 1.29 is 0 Å². The zero-order valence-electron chi connectivity index (χ0n) is 33.1. The Bertz CT molecular complexity index is 2400. The SMILES string of the molecule is CCC(c1nc2ccccc2c(=O)n1Cc1ccccc1)N1CCN(c2ccc(Cn3c(C(CC)N4CC(C)NCC4C)nc4ccccc4c3=O)cc2)CC1. The Labute approximate surface area is 329 Å². The molecule has 6 aromatic rings. The van der Waals surface area contributed by atoms with Crippen LogP contribution in [0.2, 0.25) is 0 Å². The largest absolute Gasteiger partial charge is 0.369 e. The number of aromatic nitrogens is 4. The Morgan fingerprint density at radius 3 is 1.73 bits per heavy atom. The third kappa shape index (κ3) is 7.53. The summed E-state index contributed by atoms with van der Waals surface area (Å²) >= 11 is 0. The number of hydrogen-bond acceptors (Lipinski definition) is 8. The third-order valence-corrected chi connectivity index (χ3v) is 11.9. The first-order valence-corrected chi connectivity index (χ1v) is 20.4. The molecule has 0 amide bonds. The summed E-state index contributed by atoms with van der Waals surface area (Å²) in [6, 6.07) is 35.1. The van der Waals surface area contributed by atoms with Crippen molar-refractivity contribution in [3.8, 4) is 0 Å². The minimum absolute atomic E-state index is 0.0126. The van der Waals surface area contributed by atoms with Gasteiger partial charge in [0.15, 0.2) is 0 Å². The summed E-state index contributed by atoms with van der Waals surface area (Å²) in [4.78, 5) is 45.9. The summed E-state index contributed by atoms with van der Waals surface area (Å²) < 4.78 is 3.82. The average Bonchev–Trinajstić information content (AvgIpc) is 3.23. The molecule has 8 rings (SSSR count). The molecule has 1 N–H and O–H groups in total. The molecule has 0 bridgehead atoms. The molecule has 4 aromatic carbocycles. The number of fused-ring (bicyclic) bond motifs is 2. The molecule has 2 aromatic heterocycles. The van der Waals surface area contributed by atoms with E-state index >= 15 is 0 Å². The maximum absolute atomic E-state index is 14.2. The van der Waals surface area contributed by atoms with E-state index in [1.807, 2.05) is 75.9 Å². The Kier molecular flexibility index (Phi) is 11.1. The van der Waals surface area contributed by atoms with Crippen LogP contribution in [0.1, 0.15) is 75.4 Å². The van der Waals surface area contributed by atoms with E-state index in [0.717, 1.165) is 85.9 Å². The molecule has 0 spiro atoms. The quantitative estimate of drug-likeness (QED) is 0.158. The van der Waals surface area contributed by atoms with E-state index in [2.05, 4.69) is 84.1 Å². The molecule has 2 fully saturated rings. The van der Waals surface area contributed by atoms with Gasteiger partial charge in [-0.1, -0.05) is 80.6 Å². The van der Waals surface area contributed by atoms with Crippen LogP contribution in [0.15, 0.2) is 113 Å². The predicted molar refractivity (Wildman–Crippen MR) is 227 cm³/mol. The van der Waals surface area contributed by atoms with Crippen molar-refractivity contribution >= 4 is 27.5 Å². The van der Waals surface area contributed by atoms with Crippen LogP contribution in [0.25, 0.3) is 21.8 Å². The highest BCUT2D eigenvalue weighted by Gasteiger charge is 2.32. The molecule has 0 radical (unpaired) electrons. The number of hydrogen-bond donors (Lipinski definition) is 1. The normalized spacial score (nSPS) is 19.4. The van der Waals surface area contributed by atoms with E-state index in [9.17, 15) is 9.59 Å². The van der Waals surface area contributed by atoms with Gasteiger partial charge in [-0.15, -0.1) is 0 Å². The highest BCUT2D eigenvalue weighted by atomic mass is 16.1. The van der Waals surface area contributed by atoms with Crippen LogP contribution in [0.5, 0.6) is 0 Å². The molecule has 0 saturated carbocycles. The van der Waals surface area contributed by atoms with E-state index in [1.165, 1.54) is 5.69 Å². The van der Waals surface area contributed by atoms with E-state index in [1.54, 1.807) is 0 Å². The highest BCUT2D eigenvalue weighted by Crippen LogP contribution is 2.30. The summed E-state index contributed by atoms with van der Waals surface area (Å²) in [6.07, 6.45) is 1.72. The fourth-order valence-electron chi connectivity index (χ4n) is 8.89. The van der Waals surface area contributed by atoms with Crippen LogP contribution >= 0.6 is 0 Å². The molecule has 56 heavy (non-hydrogen) atoms. The second-order valence-corrected chi connectivity index (χ2v) is 15.6. The Balaban J connectivity index is 1.02. The molecule has 2 aliphatic heterocycles. The van der Waals surface area contributed by atoms with Gasteiger partial charge >= 0.3 is 0 Å². The maximum Gasteiger partial charge on any atom is 0.261 e. The van der Waals surface area contributed by atoms with Crippen LogP contribution in [0.3, 0.4) is 0 Å². The van der Waals surface area contributed by atoms with Gasteiger partial charge in [0.25, 0.3) is 11.1 Å². The third-order valence-electron chi connectivity index (χ3n) is 11.9. The molecule has 290 valence electrons. The monoisotopic (exact) mass is 750 g/mol. The van der Waals surface area contributed by atoms with Crippen LogP contribution in [0, 0.1) is 0 Å². The molecule has 0 aliphatic carbocycles. The van der Waals surface area contributed by atoms with E-state index in [-0.39, 0.29) is 23.2 Å². The Morgan fingerprint density at radius 1 is 0.643 bits per heavy atom. The van der Waals surface area contributed by atoms with Crippen LogP contribution < -0.4 is 21.3 Å². The summed E-state index contributed by atoms with van der Waals surface area (Å²) in [6.45, 7) is 15.1. The zero-order valence-corrected chi connectivity index (χ0v) is 33.1. The van der Waals surface area contributed by atoms with E-state index in [4.69, 9.17) is 9.97 Å². The first-order valence-electron chi connectivity index (χ1n) is 20.4. The van der Waals surface area contributed by atoms with Gasteiger partial charge in [-0.05, 0) is 74.2 Å². The smallest absolute Gasteiger partial charge is 0.261 e. The lowest BCUT2D eigenvalue weighted by Gasteiger charge is -2.42. The Hall–Kier alpha value is -5.16. The van der Waals surface area contributed by atoms with Crippen molar-refractivity contribution in [3.05, 3.63) is 147 Å². The van der Waals surface area contributed by atoms with Crippen molar-refractivity contribution in [1.29, 1.82) is 0 Å². The van der Waals surface area contributed by atoms with Gasteiger partial charge in [0.2, 0.25) is 0 Å². The van der Waals surface area contributed by atoms with Crippen molar-refractivity contribution in [1.82, 2.24) is 34.2 Å². The molecule has 4 unspecified atom stereocenters. The average molecular weight is 751 g/mol. The van der Waals surface area contributed by atoms with E-state index in [0.29, 0.717) is 35.9 Å². The van der Waals surface area contributed by atoms with Crippen molar-refractivity contribution in [2.45, 2.75) is 77.8 Å². The maximum atomic E-state index is 14.2. The lowest BCUT2D eigenvalue weighted by atomic mass is 10.0. The second kappa shape index (κ2) is 16.5. The molecule has 4 atom stereocenters. The number of para-hydroxylation sites is 2. The van der Waals surface area contributed by atoms with Crippen molar-refractivity contribution in [2.24, 2.45) is 0 Å². The fourth-order valence-corrected chi connectivity index (χ4v) is 8.89. The van der Waals surface area contributed by atoms with Crippen molar-refractivity contribution in [3.63, 3.8) is 0 Å². The number of nitrogens with zero attached hydrogens (tertiary/aromatic N) is 7. The van der Waals surface area contributed by atoms with Gasteiger partial charge in [0, 0.05) is 57.0 Å². The van der Waals surface area contributed by atoms with Crippen LogP contribution in [-0.2, 0) is 13.1 Å². The first kappa shape index (κ1) is 37.7. The second-order valence-electron chi connectivity index (χ2n) is 15.6. The highest BCUT2D eigenvalue weighted by molar-refractivity contribution is 5.78. The van der Waals surface area contributed by atoms with Gasteiger partial charge in [-0.3, -0.25) is 28.5 Å². The van der Waals surface area contributed by atoms with Gasteiger partial charge < -0.3 is 10.2 Å². The minimum atomic E-state index is 0.0126. The number of rotatable bonds is 11. The molecular formula is C46H54N8O2. The number of benzene rings is 4. The van der Waals surface area contributed by atoms with Gasteiger partial charge in [0.05, 0.1) is 47.0 Å². The summed E-state index contributed by atoms with van der Waals surface area (Å²) in [5, 5.41) is 4.91. The van der Waals surface area contributed by atoms with Gasteiger partial charge in [-0.2, -0.15) is 0 Å². The minimum Gasteiger partial charge on any atom is -0.369 e. The first-order chi connectivity index (χ1) is 27.3. The number of anilines is 1. The molecule has 10 heteroatoms.